The van der Waals surface area contributed by atoms with Gasteiger partial charge in [-0.3, -0.25) is 0 Å². The third-order valence-corrected chi connectivity index (χ3v) is 10.2. The third-order valence-electron chi connectivity index (χ3n) is 5.25. The number of ether oxygens (including phenoxy) is 2. The Hall–Kier alpha value is -2.52. The molecule has 0 saturated heterocycles. The molecule has 0 saturated carbocycles. The van der Waals surface area contributed by atoms with E-state index < -0.39 is 13.2 Å². The molecule has 5 heteroatoms. The van der Waals surface area contributed by atoms with E-state index in [4.69, 9.17) is 14.6 Å². The summed E-state index contributed by atoms with van der Waals surface area (Å²) >= 11 is 0. The molecule has 0 fully saturated rings. The van der Waals surface area contributed by atoms with Gasteiger partial charge in [0.15, 0.2) is 0 Å². The van der Waals surface area contributed by atoms with E-state index in [-0.39, 0.29) is 13.0 Å². The number of aliphatic carboxylic acids is 1. The molecular weight excluding hydrogens is 395 g/mol. The number of benzene rings is 3. The molecule has 0 aliphatic rings. The molecule has 0 atom stereocenters. The van der Waals surface area contributed by atoms with Crippen LogP contribution in [0.3, 0.4) is 0 Å². The van der Waals surface area contributed by atoms with Crippen molar-refractivity contribution in [2.45, 2.75) is 6.42 Å². The Labute approximate surface area is 178 Å². The second-order valence-corrected chi connectivity index (χ2v) is 11.2. The maximum absolute atomic E-state index is 10.5. The quantitative estimate of drug-likeness (QED) is 0.358. The summed E-state index contributed by atoms with van der Waals surface area (Å²) in [5.74, 6) is -0.847. The molecule has 0 aliphatic carbocycles. The zero-order chi connectivity index (χ0) is 21.1. The van der Waals surface area contributed by atoms with Crippen molar-refractivity contribution >= 4 is 29.1 Å². The molecule has 3 rings (SSSR count). The van der Waals surface area contributed by atoms with Crippen LogP contribution < -0.4 is 15.9 Å². The summed E-state index contributed by atoms with van der Waals surface area (Å²) in [6, 6.07) is 32.3. The zero-order valence-corrected chi connectivity index (χ0v) is 18.1. The van der Waals surface area contributed by atoms with E-state index in [1.54, 1.807) is 0 Å². The normalized spacial score (nSPS) is 11.9. The van der Waals surface area contributed by atoms with Crippen molar-refractivity contribution in [3.05, 3.63) is 91.0 Å². The third kappa shape index (κ3) is 5.76. The van der Waals surface area contributed by atoms with Gasteiger partial charge in [-0.05, 0) is 0 Å². The minimum absolute atomic E-state index is 0.0199. The Bertz CT molecular complexity index is 788. The Kier molecular flexibility index (Phi) is 8.58. The van der Waals surface area contributed by atoms with Crippen molar-refractivity contribution in [3.63, 3.8) is 0 Å². The first-order valence-corrected chi connectivity index (χ1v) is 12.5. The van der Waals surface area contributed by atoms with Crippen LogP contribution in [0.5, 0.6) is 0 Å². The predicted molar refractivity (Wildman–Crippen MR) is 125 cm³/mol. The molecule has 0 amide bonds. The van der Waals surface area contributed by atoms with Gasteiger partial charge in [-0.2, -0.15) is 0 Å². The molecule has 30 heavy (non-hydrogen) atoms. The fourth-order valence-electron chi connectivity index (χ4n) is 3.81. The molecule has 0 aliphatic heterocycles. The van der Waals surface area contributed by atoms with E-state index >= 15 is 0 Å². The summed E-state index contributed by atoms with van der Waals surface area (Å²) in [6.45, 7) is 1.70. The standard InChI is InChI=1S/C25H29O4P/c26-25(27)16-17-28-18-19-29-20-21-30(22-10-4-1-5-11-22,23-12-6-2-7-13-23)24-14-8-3-9-15-24/h1-15,30H,16-21H2,(H,26,27). The van der Waals surface area contributed by atoms with Gasteiger partial charge in [0.1, 0.15) is 0 Å². The summed E-state index contributed by atoms with van der Waals surface area (Å²) in [5, 5.41) is 12.8. The summed E-state index contributed by atoms with van der Waals surface area (Å²) in [6.07, 6.45) is 0.937. The summed E-state index contributed by atoms with van der Waals surface area (Å²) in [5.41, 5.74) is 0. The van der Waals surface area contributed by atoms with E-state index in [9.17, 15) is 4.79 Å². The molecule has 0 unspecified atom stereocenters. The Morgan fingerprint density at radius 2 is 1.03 bits per heavy atom. The fraction of sp³-hybridized carbons (Fsp3) is 0.240. The number of carboxylic acids is 1. The van der Waals surface area contributed by atoms with E-state index in [0.717, 1.165) is 6.16 Å². The van der Waals surface area contributed by atoms with E-state index in [2.05, 4.69) is 91.0 Å². The van der Waals surface area contributed by atoms with Crippen LogP contribution in [-0.2, 0) is 14.3 Å². The van der Waals surface area contributed by atoms with Crippen LogP contribution in [0.15, 0.2) is 91.0 Å². The molecule has 0 aromatic heterocycles. The van der Waals surface area contributed by atoms with Gasteiger partial charge < -0.3 is 0 Å². The Morgan fingerprint density at radius 3 is 1.43 bits per heavy atom. The summed E-state index contributed by atoms with van der Waals surface area (Å²) in [7, 11) is -2.26. The first-order chi connectivity index (χ1) is 14.7. The van der Waals surface area contributed by atoms with Gasteiger partial charge in [0, 0.05) is 0 Å². The molecule has 0 bridgehead atoms. The van der Waals surface area contributed by atoms with Gasteiger partial charge in [-0.1, -0.05) is 0 Å². The molecule has 0 radical (unpaired) electrons. The van der Waals surface area contributed by atoms with Gasteiger partial charge in [0.25, 0.3) is 0 Å². The second kappa shape index (κ2) is 11.6. The van der Waals surface area contributed by atoms with Crippen molar-refractivity contribution in [2.24, 2.45) is 0 Å². The van der Waals surface area contributed by atoms with E-state index in [1.807, 2.05) is 0 Å². The van der Waals surface area contributed by atoms with Crippen LogP contribution in [0, 0.1) is 0 Å². The molecule has 4 nitrogen and oxygen atoms in total. The average molecular weight is 424 g/mol. The minimum atomic E-state index is -2.26. The van der Waals surface area contributed by atoms with E-state index in [0.29, 0.717) is 19.8 Å². The fourth-order valence-corrected chi connectivity index (χ4v) is 8.41. The van der Waals surface area contributed by atoms with Crippen LogP contribution in [-0.4, -0.2) is 43.7 Å². The Balaban J connectivity index is 1.79. The number of hydrogen-bond acceptors (Lipinski definition) is 3. The topological polar surface area (TPSA) is 55.8 Å². The van der Waals surface area contributed by atoms with Crippen molar-refractivity contribution < 1.29 is 19.4 Å². The number of rotatable bonds is 12. The van der Waals surface area contributed by atoms with Crippen molar-refractivity contribution in [2.75, 3.05) is 32.6 Å². The molecular formula is C25H29O4P. The second-order valence-electron chi connectivity index (χ2n) is 7.12. The van der Waals surface area contributed by atoms with Crippen molar-refractivity contribution in [3.8, 4) is 0 Å². The van der Waals surface area contributed by atoms with Crippen LogP contribution >= 0.6 is 7.26 Å². The molecule has 3 aromatic rings. The first kappa shape index (κ1) is 22.2. The first-order valence-electron chi connectivity index (χ1n) is 10.3. The molecule has 1 N–H and O–H groups in total. The van der Waals surface area contributed by atoms with Crippen molar-refractivity contribution in [1.29, 1.82) is 0 Å². The number of hydrogen-bond donors (Lipinski definition) is 1. The van der Waals surface area contributed by atoms with E-state index in [1.165, 1.54) is 15.9 Å². The van der Waals surface area contributed by atoms with Crippen molar-refractivity contribution in [1.82, 2.24) is 0 Å². The number of carboxylic acid groups (broad SMARTS) is 1. The molecule has 0 spiro atoms. The zero-order valence-electron chi connectivity index (χ0n) is 17.1. The average Bonchev–Trinajstić information content (AvgIpc) is 2.80. The van der Waals surface area contributed by atoms with Gasteiger partial charge >= 0.3 is 179 Å². The molecule has 3 aromatic carbocycles. The van der Waals surface area contributed by atoms with Crippen LogP contribution in [0.1, 0.15) is 6.42 Å². The van der Waals surface area contributed by atoms with Crippen LogP contribution in [0.2, 0.25) is 0 Å². The van der Waals surface area contributed by atoms with Gasteiger partial charge in [0.05, 0.1) is 0 Å². The Morgan fingerprint density at radius 1 is 0.633 bits per heavy atom. The van der Waals surface area contributed by atoms with Gasteiger partial charge in [-0.25, -0.2) is 0 Å². The SMILES string of the molecule is O=C(O)CCOCCOCC[PH](c1ccccc1)(c1ccccc1)c1ccccc1. The predicted octanol–water partition coefficient (Wildman–Crippen LogP) is 3.22. The van der Waals surface area contributed by atoms with Crippen LogP contribution in [0.25, 0.3) is 0 Å². The summed E-state index contributed by atoms with van der Waals surface area (Å²) in [4.78, 5) is 10.5. The van der Waals surface area contributed by atoms with Gasteiger partial charge in [-0.15, -0.1) is 0 Å². The van der Waals surface area contributed by atoms with Gasteiger partial charge in [0.2, 0.25) is 0 Å². The summed E-state index contributed by atoms with van der Waals surface area (Å²) < 4.78 is 11.3. The monoisotopic (exact) mass is 424 g/mol. The number of carbonyl (C=O) groups is 1. The molecule has 0 heterocycles. The van der Waals surface area contributed by atoms with Crippen LogP contribution in [0.4, 0.5) is 0 Å². The molecule has 158 valence electrons. The maximum atomic E-state index is 10.5.